The molecule has 1 N–H and O–H groups in total. The van der Waals surface area contributed by atoms with Crippen LogP contribution in [0.3, 0.4) is 0 Å². The quantitative estimate of drug-likeness (QED) is 0.625. The molecule has 0 saturated carbocycles. The molecule has 2 aromatic heterocycles. The van der Waals surface area contributed by atoms with Crippen LogP contribution in [0.15, 0.2) is 35.7 Å². The number of hydrogen-bond donors (Lipinski definition) is 1. The number of nitrogens with zero attached hydrogens (tertiary/aromatic N) is 3. The molecule has 1 fully saturated rings. The molecule has 1 amide bonds. The Morgan fingerprint density at radius 2 is 1.83 bits per heavy atom. The summed E-state index contributed by atoms with van der Waals surface area (Å²) in [5.41, 5.74) is 2.38. The Labute approximate surface area is 182 Å². The second kappa shape index (κ2) is 8.72. The SMILES string of the molecule is Cc1nc(N2CCC(C(=O)NC(C)C(C)C)CC2)c2c(-c3ccccc3)csc2n1. The van der Waals surface area contributed by atoms with Crippen LogP contribution in [0.2, 0.25) is 0 Å². The van der Waals surface area contributed by atoms with E-state index in [0.717, 1.165) is 47.8 Å². The van der Waals surface area contributed by atoms with E-state index in [-0.39, 0.29) is 17.9 Å². The highest BCUT2D eigenvalue weighted by Crippen LogP contribution is 2.39. The number of aryl methyl sites for hydroxylation is 1. The Bertz CT molecular complexity index is 1020. The van der Waals surface area contributed by atoms with Gasteiger partial charge in [0.25, 0.3) is 0 Å². The number of benzene rings is 1. The van der Waals surface area contributed by atoms with Gasteiger partial charge in [-0.15, -0.1) is 11.3 Å². The van der Waals surface area contributed by atoms with Crippen molar-refractivity contribution in [3.63, 3.8) is 0 Å². The van der Waals surface area contributed by atoms with E-state index in [0.29, 0.717) is 5.92 Å². The van der Waals surface area contributed by atoms with Gasteiger partial charge in [0.15, 0.2) is 0 Å². The molecule has 1 unspecified atom stereocenters. The van der Waals surface area contributed by atoms with Gasteiger partial charge in [0.05, 0.1) is 5.39 Å². The third-order valence-electron chi connectivity index (χ3n) is 6.15. The van der Waals surface area contributed by atoms with Crippen LogP contribution in [0.4, 0.5) is 5.82 Å². The summed E-state index contributed by atoms with van der Waals surface area (Å²) in [5, 5.41) is 6.51. The van der Waals surface area contributed by atoms with Gasteiger partial charge in [-0.1, -0.05) is 44.2 Å². The Morgan fingerprint density at radius 3 is 2.50 bits per heavy atom. The normalized spacial score (nSPS) is 16.2. The predicted molar refractivity (Wildman–Crippen MR) is 125 cm³/mol. The van der Waals surface area contributed by atoms with E-state index in [1.807, 2.05) is 13.0 Å². The van der Waals surface area contributed by atoms with Crippen LogP contribution in [-0.2, 0) is 4.79 Å². The van der Waals surface area contributed by atoms with Crippen molar-refractivity contribution in [2.45, 2.75) is 46.6 Å². The highest BCUT2D eigenvalue weighted by Gasteiger charge is 2.28. The lowest BCUT2D eigenvalue weighted by atomic mass is 9.94. The van der Waals surface area contributed by atoms with E-state index in [2.05, 4.69) is 65.6 Å². The number of anilines is 1. The first-order chi connectivity index (χ1) is 14.4. The number of rotatable bonds is 5. The lowest BCUT2D eigenvalue weighted by Crippen LogP contribution is -2.44. The van der Waals surface area contributed by atoms with Crippen molar-refractivity contribution < 1.29 is 4.79 Å². The summed E-state index contributed by atoms with van der Waals surface area (Å²) in [6.45, 7) is 9.99. The Morgan fingerprint density at radius 1 is 1.13 bits per heavy atom. The molecule has 0 aliphatic carbocycles. The van der Waals surface area contributed by atoms with E-state index < -0.39 is 0 Å². The maximum atomic E-state index is 12.7. The second-order valence-electron chi connectivity index (χ2n) is 8.59. The summed E-state index contributed by atoms with van der Waals surface area (Å²) in [7, 11) is 0. The number of carbonyl (C=O) groups excluding carboxylic acids is 1. The van der Waals surface area contributed by atoms with Crippen LogP contribution < -0.4 is 10.2 Å². The molecule has 3 heterocycles. The lowest BCUT2D eigenvalue weighted by molar-refractivity contribution is -0.126. The highest BCUT2D eigenvalue weighted by atomic mass is 32.1. The molecule has 1 aliphatic rings. The minimum atomic E-state index is 0.0805. The van der Waals surface area contributed by atoms with Crippen molar-refractivity contribution in [3.05, 3.63) is 41.5 Å². The Hall–Kier alpha value is -2.47. The second-order valence-corrected chi connectivity index (χ2v) is 9.45. The molecule has 1 aliphatic heterocycles. The summed E-state index contributed by atoms with van der Waals surface area (Å²) in [4.78, 5) is 25.6. The summed E-state index contributed by atoms with van der Waals surface area (Å²) in [6.07, 6.45) is 1.71. The smallest absolute Gasteiger partial charge is 0.223 e. The minimum Gasteiger partial charge on any atom is -0.356 e. The first kappa shape index (κ1) is 20.8. The number of hydrogen-bond acceptors (Lipinski definition) is 5. The van der Waals surface area contributed by atoms with Crippen LogP contribution in [0.25, 0.3) is 21.3 Å². The number of thiophene rings is 1. The van der Waals surface area contributed by atoms with Gasteiger partial charge in [-0.05, 0) is 38.2 Å². The average Bonchev–Trinajstić information content (AvgIpc) is 3.17. The third kappa shape index (κ3) is 4.19. The zero-order valence-corrected chi connectivity index (χ0v) is 19.0. The van der Waals surface area contributed by atoms with E-state index in [1.165, 1.54) is 11.1 Å². The molecule has 158 valence electrons. The number of amides is 1. The van der Waals surface area contributed by atoms with Crippen LogP contribution in [0.5, 0.6) is 0 Å². The van der Waals surface area contributed by atoms with Crippen LogP contribution in [0.1, 0.15) is 39.4 Å². The number of piperidine rings is 1. The maximum absolute atomic E-state index is 12.7. The molecular formula is C24H30N4OS. The van der Waals surface area contributed by atoms with Crippen molar-refractivity contribution in [2.75, 3.05) is 18.0 Å². The number of nitrogens with one attached hydrogen (secondary N) is 1. The Balaban J connectivity index is 1.57. The predicted octanol–water partition coefficient (Wildman–Crippen LogP) is 5.04. The molecule has 6 heteroatoms. The molecule has 1 atom stereocenters. The van der Waals surface area contributed by atoms with Gasteiger partial charge < -0.3 is 10.2 Å². The fourth-order valence-electron chi connectivity index (χ4n) is 3.95. The van der Waals surface area contributed by atoms with Gasteiger partial charge in [0.2, 0.25) is 5.91 Å². The molecule has 0 radical (unpaired) electrons. The maximum Gasteiger partial charge on any atom is 0.223 e. The number of carbonyl (C=O) groups is 1. The van der Waals surface area contributed by atoms with Gasteiger partial charge >= 0.3 is 0 Å². The van der Waals surface area contributed by atoms with E-state index in [4.69, 9.17) is 4.98 Å². The summed E-state index contributed by atoms with van der Waals surface area (Å²) >= 11 is 1.67. The molecule has 30 heavy (non-hydrogen) atoms. The van der Waals surface area contributed by atoms with Crippen LogP contribution >= 0.6 is 11.3 Å². The third-order valence-corrected chi connectivity index (χ3v) is 7.02. The van der Waals surface area contributed by atoms with Gasteiger partial charge in [-0.3, -0.25) is 4.79 Å². The van der Waals surface area contributed by atoms with Crippen molar-refractivity contribution in [2.24, 2.45) is 11.8 Å². The molecular weight excluding hydrogens is 392 g/mol. The highest BCUT2D eigenvalue weighted by molar-refractivity contribution is 7.17. The molecule has 1 saturated heterocycles. The van der Waals surface area contributed by atoms with Crippen LogP contribution in [-0.4, -0.2) is 35.0 Å². The fourth-order valence-corrected chi connectivity index (χ4v) is 4.94. The topological polar surface area (TPSA) is 58.1 Å². The summed E-state index contributed by atoms with van der Waals surface area (Å²) in [5.74, 6) is 2.52. The van der Waals surface area contributed by atoms with E-state index in [9.17, 15) is 4.79 Å². The van der Waals surface area contributed by atoms with E-state index >= 15 is 0 Å². The zero-order valence-electron chi connectivity index (χ0n) is 18.2. The van der Waals surface area contributed by atoms with Crippen molar-refractivity contribution in [1.29, 1.82) is 0 Å². The largest absolute Gasteiger partial charge is 0.356 e. The molecule has 4 rings (SSSR count). The van der Waals surface area contributed by atoms with Gasteiger partial charge in [0.1, 0.15) is 16.5 Å². The van der Waals surface area contributed by atoms with Crippen molar-refractivity contribution in [3.8, 4) is 11.1 Å². The fraction of sp³-hybridized carbons (Fsp3) is 0.458. The van der Waals surface area contributed by atoms with Crippen molar-refractivity contribution in [1.82, 2.24) is 15.3 Å². The molecule has 0 spiro atoms. The minimum absolute atomic E-state index is 0.0805. The standard InChI is InChI=1S/C24H30N4OS/c1-15(2)16(3)25-23(29)19-10-12-28(13-11-19)22-21-20(18-8-6-5-7-9-18)14-30-24(21)27-17(4)26-22/h5-9,14-16,19H,10-13H2,1-4H3,(H,25,29). The molecule has 5 nitrogen and oxygen atoms in total. The lowest BCUT2D eigenvalue weighted by Gasteiger charge is -2.33. The first-order valence-corrected chi connectivity index (χ1v) is 11.7. The zero-order chi connectivity index (χ0) is 21.3. The first-order valence-electron chi connectivity index (χ1n) is 10.8. The molecule has 1 aromatic carbocycles. The summed E-state index contributed by atoms with van der Waals surface area (Å²) in [6, 6.07) is 10.6. The average molecular weight is 423 g/mol. The van der Waals surface area contributed by atoms with E-state index in [1.54, 1.807) is 11.3 Å². The number of aromatic nitrogens is 2. The molecule has 0 bridgehead atoms. The van der Waals surface area contributed by atoms with Crippen LogP contribution in [0, 0.1) is 18.8 Å². The van der Waals surface area contributed by atoms with Gasteiger partial charge in [-0.25, -0.2) is 9.97 Å². The molecule has 3 aromatic rings. The van der Waals surface area contributed by atoms with Crippen molar-refractivity contribution >= 4 is 33.3 Å². The van der Waals surface area contributed by atoms with Gasteiger partial charge in [-0.2, -0.15) is 0 Å². The summed E-state index contributed by atoms with van der Waals surface area (Å²) < 4.78 is 0. The monoisotopic (exact) mass is 422 g/mol. The Kier molecular flexibility index (Phi) is 6.04. The van der Waals surface area contributed by atoms with Gasteiger partial charge in [0, 0.05) is 36.0 Å². The number of fused-ring (bicyclic) bond motifs is 1.